The zero-order valence-corrected chi connectivity index (χ0v) is 17.7. The number of carbonyl (C=O) groups excluding carboxylic acids is 1. The van der Waals surface area contributed by atoms with E-state index in [1.165, 1.54) is 16.7 Å². The molecule has 0 atom stereocenters. The Balaban J connectivity index is 2.43. The lowest BCUT2D eigenvalue weighted by Gasteiger charge is -2.07. The van der Waals surface area contributed by atoms with Gasteiger partial charge < -0.3 is 5.32 Å². The third-order valence-corrected chi connectivity index (χ3v) is 5.15. The minimum absolute atomic E-state index is 0.0254. The van der Waals surface area contributed by atoms with Crippen molar-refractivity contribution in [2.24, 2.45) is 0 Å². The quantitative estimate of drug-likeness (QED) is 0.373. The van der Waals surface area contributed by atoms with Crippen LogP contribution in [0.15, 0.2) is 64.1 Å². The largest absolute Gasteiger partial charge is 0.355 e. The number of carbonyl (C=O) groups is 1. The van der Waals surface area contributed by atoms with Crippen LogP contribution in [0.5, 0.6) is 0 Å². The highest BCUT2D eigenvalue weighted by Crippen LogP contribution is 2.23. The summed E-state index contributed by atoms with van der Waals surface area (Å²) in [6.45, 7) is 8.72. The highest BCUT2D eigenvalue weighted by molar-refractivity contribution is 7.99. The topological polar surface area (TPSA) is 29.1 Å². The molecule has 142 valence electrons. The van der Waals surface area contributed by atoms with Crippen LogP contribution >= 0.6 is 11.8 Å². The van der Waals surface area contributed by atoms with Crippen molar-refractivity contribution in [1.82, 2.24) is 5.32 Å². The molecule has 0 aliphatic carbocycles. The summed E-state index contributed by atoms with van der Waals surface area (Å²) in [6, 6.07) is 7.77. The summed E-state index contributed by atoms with van der Waals surface area (Å²) in [6.07, 6.45) is 11.4. The molecule has 0 fully saturated rings. The molecule has 0 bridgehead atoms. The van der Waals surface area contributed by atoms with Crippen molar-refractivity contribution in [2.45, 2.75) is 58.3 Å². The number of rotatable bonds is 10. The molecule has 1 rings (SSSR count). The Hall–Kier alpha value is -1.74. The van der Waals surface area contributed by atoms with Gasteiger partial charge in [0.25, 0.3) is 5.91 Å². The van der Waals surface area contributed by atoms with Gasteiger partial charge >= 0.3 is 0 Å². The Morgan fingerprint density at radius 1 is 0.962 bits per heavy atom. The van der Waals surface area contributed by atoms with E-state index in [0.717, 1.165) is 41.9 Å². The first kappa shape index (κ1) is 22.3. The third-order valence-electron chi connectivity index (χ3n) is 4.15. The molecule has 1 aromatic rings. The molecule has 1 N–H and O–H groups in total. The molecule has 0 aliphatic heterocycles. The molecule has 0 saturated carbocycles. The van der Waals surface area contributed by atoms with E-state index < -0.39 is 0 Å². The van der Waals surface area contributed by atoms with Gasteiger partial charge in [0.05, 0.1) is 5.56 Å². The van der Waals surface area contributed by atoms with Gasteiger partial charge in [0.15, 0.2) is 0 Å². The average molecular weight is 372 g/mol. The molecule has 0 radical (unpaired) electrons. The van der Waals surface area contributed by atoms with E-state index in [-0.39, 0.29) is 5.91 Å². The Labute approximate surface area is 163 Å². The summed E-state index contributed by atoms with van der Waals surface area (Å²) in [7, 11) is 1.67. The maximum absolute atomic E-state index is 11.9. The Morgan fingerprint density at radius 3 is 2.23 bits per heavy atom. The van der Waals surface area contributed by atoms with Crippen molar-refractivity contribution in [2.75, 3.05) is 12.8 Å². The second-order valence-corrected chi connectivity index (χ2v) is 7.91. The fourth-order valence-corrected chi connectivity index (χ4v) is 3.57. The zero-order chi connectivity index (χ0) is 19.4. The molecular weight excluding hydrogens is 338 g/mol. The van der Waals surface area contributed by atoms with Gasteiger partial charge in [-0.15, -0.1) is 11.8 Å². The van der Waals surface area contributed by atoms with Gasteiger partial charge in [-0.3, -0.25) is 4.79 Å². The van der Waals surface area contributed by atoms with Crippen LogP contribution in [0.4, 0.5) is 0 Å². The van der Waals surface area contributed by atoms with Crippen molar-refractivity contribution >= 4 is 17.7 Å². The molecule has 2 nitrogen and oxygen atoms in total. The molecule has 3 heteroatoms. The van der Waals surface area contributed by atoms with E-state index >= 15 is 0 Å². The van der Waals surface area contributed by atoms with Crippen molar-refractivity contribution in [1.29, 1.82) is 0 Å². The van der Waals surface area contributed by atoms with E-state index in [0.29, 0.717) is 0 Å². The van der Waals surface area contributed by atoms with E-state index in [1.54, 1.807) is 18.8 Å². The lowest BCUT2D eigenvalue weighted by atomic mass is 10.1. The highest BCUT2D eigenvalue weighted by Gasteiger charge is 2.08. The maximum Gasteiger partial charge on any atom is 0.252 e. The van der Waals surface area contributed by atoms with Crippen molar-refractivity contribution < 1.29 is 4.79 Å². The summed E-state index contributed by atoms with van der Waals surface area (Å²) < 4.78 is 0. The van der Waals surface area contributed by atoms with Crippen LogP contribution in [0.25, 0.3) is 0 Å². The van der Waals surface area contributed by atoms with E-state index in [9.17, 15) is 4.79 Å². The van der Waals surface area contributed by atoms with Crippen molar-refractivity contribution in [3.8, 4) is 0 Å². The van der Waals surface area contributed by atoms with Crippen LogP contribution in [-0.4, -0.2) is 18.7 Å². The standard InChI is InChI=1S/C23H33NOS/c1-18(2)10-8-11-19(3)12-9-13-20(4)16-17-26-22-15-7-6-14-21(22)23(25)24-5/h6-7,10,12,14-16H,8-9,11,13,17H2,1-5H3,(H,24,25)/b19-12?,20-16+. The number of hydrogen-bond acceptors (Lipinski definition) is 2. The Bertz CT molecular complexity index is 667. The van der Waals surface area contributed by atoms with Crippen LogP contribution < -0.4 is 5.32 Å². The van der Waals surface area contributed by atoms with Gasteiger partial charge in [-0.2, -0.15) is 0 Å². The molecule has 0 saturated heterocycles. The van der Waals surface area contributed by atoms with Gasteiger partial charge in [0, 0.05) is 17.7 Å². The molecule has 0 heterocycles. The smallest absolute Gasteiger partial charge is 0.252 e. The van der Waals surface area contributed by atoms with Gasteiger partial charge in [-0.1, -0.05) is 47.1 Å². The Morgan fingerprint density at radius 2 is 1.58 bits per heavy atom. The third kappa shape index (κ3) is 9.10. The molecule has 1 amide bonds. The fourth-order valence-electron chi connectivity index (χ4n) is 2.53. The van der Waals surface area contributed by atoms with E-state index in [4.69, 9.17) is 0 Å². The van der Waals surface area contributed by atoms with Crippen LogP contribution in [-0.2, 0) is 0 Å². The predicted molar refractivity (Wildman–Crippen MR) is 116 cm³/mol. The van der Waals surface area contributed by atoms with Gasteiger partial charge in [0.1, 0.15) is 0 Å². The van der Waals surface area contributed by atoms with Crippen LogP contribution in [0.1, 0.15) is 63.7 Å². The highest BCUT2D eigenvalue weighted by atomic mass is 32.2. The van der Waals surface area contributed by atoms with Gasteiger partial charge in [-0.25, -0.2) is 0 Å². The number of thioether (sulfide) groups is 1. The van der Waals surface area contributed by atoms with Crippen molar-refractivity contribution in [3.63, 3.8) is 0 Å². The SMILES string of the molecule is CNC(=O)c1ccccc1SC/C=C(\C)CCC=C(C)CCC=C(C)C. The minimum atomic E-state index is -0.0254. The lowest BCUT2D eigenvalue weighted by Crippen LogP contribution is -2.18. The predicted octanol–water partition coefficient (Wildman–Crippen LogP) is 6.56. The number of amides is 1. The summed E-state index contributed by atoms with van der Waals surface area (Å²) in [5, 5.41) is 2.70. The van der Waals surface area contributed by atoms with Gasteiger partial charge in [-0.05, 0) is 65.5 Å². The normalized spacial score (nSPS) is 12.0. The zero-order valence-electron chi connectivity index (χ0n) is 16.9. The summed E-state index contributed by atoms with van der Waals surface area (Å²) in [5.41, 5.74) is 5.03. The minimum Gasteiger partial charge on any atom is -0.355 e. The maximum atomic E-state index is 11.9. The average Bonchev–Trinajstić information content (AvgIpc) is 2.61. The number of hydrogen-bond donors (Lipinski definition) is 1. The molecule has 0 spiro atoms. The van der Waals surface area contributed by atoms with E-state index in [2.05, 4.69) is 51.2 Å². The first-order valence-corrected chi connectivity index (χ1v) is 10.3. The van der Waals surface area contributed by atoms with E-state index in [1.807, 2.05) is 24.3 Å². The molecule has 0 aromatic heterocycles. The van der Waals surface area contributed by atoms with Crippen LogP contribution in [0.3, 0.4) is 0 Å². The summed E-state index contributed by atoms with van der Waals surface area (Å²) >= 11 is 1.71. The van der Waals surface area contributed by atoms with Crippen molar-refractivity contribution in [3.05, 3.63) is 64.8 Å². The van der Waals surface area contributed by atoms with Crippen LogP contribution in [0, 0.1) is 0 Å². The first-order chi connectivity index (χ1) is 12.4. The molecule has 1 aromatic carbocycles. The summed E-state index contributed by atoms with van der Waals surface area (Å²) in [4.78, 5) is 12.9. The molecule has 0 unspecified atom stereocenters. The second-order valence-electron chi connectivity index (χ2n) is 6.85. The number of benzene rings is 1. The fraction of sp³-hybridized carbons (Fsp3) is 0.435. The molecule has 26 heavy (non-hydrogen) atoms. The lowest BCUT2D eigenvalue weighted by molar-refractivity contribution is 0.0960. The van der Waals surface area contributed by atoms with Gasteiger partial charge in [0.2, 0.25) is 0 Å². The molecule has 0 aliphatic rings. The number of nitrogens with one attached hydrogen (secondary N) is 1. The molecular formula is C23H33NOS. The summed E-state index contributed by atoms with van der Waals surface area (Å²) in [5.74, 6) is 0.867. The number of allylic oxidation sites excluding steroid dienone is 5. The monoisotopic (exact) mass is 371 g/mol. The first-order valence-electron chi connectivity index (χ1n) is 9.32. The second kappa shape index (κ2) is 12.6. The Kier molecular flexibility index (Phi) is 10.8. The van der Waals surface area contributed by atoms with Crippen LogP contribution in [0.2, 0.25) is 0 Å².